The molecule has 0 aromatic heterocycles. The van der Waals surface area contributed by atoms with Crippen molar-refractivity contribution in [2.24, 2.45) is 0 Å². The maximum Gasteiger partial charge on any atom is 0.141 e. The van der Waals surface area contributed by atoms with Gasteiger partial charge in [-0.3, -0.25) is 0 Å². The fourth-order valence-corrected chi connectivity index (χ4v) is 5.05. The lowest BCUT2D eigenvalue weighted by Crippen LogP contribution is -2.32. The van der Waals surface area contributed by atoms with Gasteiger partial charge in [0.05, 0.1) is 23.7 Å². The van der Waals surface area contributed by atoms with E-state index >= 15 is 0 Å². The van der Waals surface area contributed by atoms with E-state index in [1.165, 1.54) is 0 Å². The number of ether oxygens (including phenoxy) is 4. The van der Waals surface area contributed by atoms with Gasteiger partial charge >= 0.3 is 0 Å². The molecule has 0 spiro atoms. The molecule has 0 saturated carbocycles. The maximum absolute atomic E-state index is 11.2. The van der Waals surface area contributed by atoms with Gasteiger partial charge < -0.3 is 24.1 Å². The normalized spacial score (nSPS) is 25.9. The molecule has 0 fully saturated rings. The van der Waals surface area contributed by atoms with Crippen molar-refractivity contribution in [2.75, 3.05) is 6.61 Å². The number of phenols is 1. The molecule has 4 aliphatic heterocycles. The predicted octanol–water partition coefficient (Wildman–Crippen LogP) is 5.29. The highest BCUT2D eigenvalue weighted by Gasteiger charge is 2.46. The number of benzene rings is 2. The van der Waals surface area contributed by atoms with E-state index in [9.17, 15) is 5.11 Å². The maximum atomic E-state index is 11.2. The minimum Gasteiger partial charge on any atom is -0.507 e. The first kappa shape index (κ1) is 18.0. The topological polar surface area (TPSA) is 57.2 Å². The molecule has 2 aromatic rings. The van der Waals surface area contributed by atoms with Crippen molar-refractivity contribution in [3.8, 4) is 28.7 Å². The molecule has 1 N–H and O–H groups in total. The third-order valence-electron chi connectivity index (χ3n) is 6.65. The fourth-order valence-electron chi connectivity index (χ4n) is 5.05. The van der Waals surface area contributed by atoms with Gasteiger partial charge in [-0.2, -0.15) is 0 Å². The van der Waals surface area contributed by atoms with Gasteiger partial charge in [0.15, 0.2) is 0 Å². The summed E-state index contributed by atoms with van der Waals surface area (Å²) in [6.07, 6.45) is 5.47. The molecule has 5 heteroatoms. The van der Waals surface area contributed by atoms with E-state index in [0.29, 0.717) is 29.2 Å². The number of hydrogen-bond donors (Lipinski definition) is 1. The molecular formula is C25H26O5. The SMILES string of the molecule is CC1(C)C=Cc2c(cc3c(c2O)C2Oc4c(ccc5c4CCC(C)(C)O5)C2CO3)O1. The van der Waals surface area contributed by atoms with Crippen molar-refractivity contribution in [1.82, 2.24) is 0 Å². The molecule has 0 saturated heterocycles. The summed E-state index contributed by atoms with van der Waals surface area (Å²) in [6.45, 7) is 8.72. The van der Waals surface area contributed by atoms with Crippen molar-refractivity contribution in [3.63, 3.8) is 0 Å². The van der Waals surface area contributed by atoms with E-state index < -0.39 is 5.60 Å². The predicted molar refractivity (Wildman–Crippen MR) is 113 cm³/mol. The van der Waals surface area contributed by atoms with Crippen LogP contribution in [0.2, 0.25) is 0 Å². The highest BCUT2D eigenvalue weighted by molar-refractivity contribution is 5.73. The zero-order chi connectivity index (χ0) is 20.8. The standard InChI is InChI=1S/C25H26O5/c1-24(2)10-8-15-17(29-24)6-5-13-16-12-27-19-11-18-14(7-9-25(3,4)30-18)21(26)20(19)23(16)28-22(13)15/h5-7,9,11,16,23,26H,8,10,12H2,1-4H3. The van der Waals surface area contributed by atoms with E-state index in [-0.39, 0.29) is 23.4 Å². The van der Waals surface area contributed by atoms with Gasteiger partial charge in [-0.15, -0.1) is 0 Å². The first-order valence-electron chi connectivity index (χ1n) is 10.6. The second-order valence-electron chi connectivity index (χ2n) is 9.87. The third-order valence-corrected chi connectivity index (χ3v) is 6.65. The van der Waals surface area contributed by atoms with Crippen LogP contribution in [-0.2, 0) is 6.42 Å². The zero-order valence-corrected chi connectivity index (χ0v) is 17.7. The minimum absolute atomic E-state index is 0.0432. The van der Waals surface area contributed by atoms with Crippen LogP contribution in [0.3, 0.4) is 0 Å². The quantitative estimate of drug-likeness (QED) is 0.644. The molecule has 2 unspecified atom stereocenters. The lowest BCUT2D eigenvalue weighted by Gasteiger charge is -2.33. The summed E-state index contributed by atoms with van der Waals surface area (Å²) in [5.74, 6) is 3.31. The largest absolute Gasteiger partial charge is 0.507 e. The molecule has 30 heavy (non-hydrogen) atoms. The molecule has 0 amide bonds. The van der Waals surface area contributed by atoms with Gasteiger partial charge in [-0.05, 0) is 58.8 Å². The second kappa shape index (κ2) is 5.65. The van der Waals surface area contributed by atoms with E-state index in [2.05, 4.69) is 26.0 Å². The number of hydrogen-bond acceptors (Lipinski definition) is 5. The summed E-state index contributed by atoms with van der Waals surface area (Å²) >= 11 is 0. The van der Waals surface area contributed by atoms with Gasteiger partial charge in [0.25, 0.3) is 0 Å². The van der Waals surface area contributed by atoms with Crippen LogP contribution < -0.4 is 18.9 Å². The highest BCUT2D eigenvalue weighted by atomic mass is 16.5. The van der Waals surface area contributed by atoms with E-state index in [1.54, 1.807) is 0 Å². The molecule has 2 aromatic carbocycles. The molecule has 4 heterocycles. The molecule has 0 radical (unpaired) electrons. The third kappa shape index (κ3) is 2.47. The molecule has 6 rings (SSSR count). The Morgan fingerprint density at radius 2 is 1.87 bits per heavy atom. The van der Waals surface area contributed by atoms with Crippen molar-refractivity contribution in [3.05, 3.63) is 46.5 Å². The molecule has 156 valence electrons. The van der Waals surface area contributed by atoms with Crippen LogP contribution in [0, 0.1) is 0 Å². The Morgan fingerprint density at radius 3 is 2.70 bits per heavy atom. The Kier molecular flexibility index (Phi) is 3.39. The lowest BCUT2D eigenvalue weighted by atomic mass is 9.85. The van der Waals surface area contributed by atoms with Crippen LogP contribution in [0.5, 0.6) is 28.7 Å². The second-order valence-corrected chi connectivity index (χ2v) is 9.87. The number of phenolic OH excluding ortho intramolecular Hbond substituents is 1. The Labute approximate surface area is 176 Å². The van der Waals surface area contributed by atoms with Crippen LogP contribution in [0.4, 0.5) is 0 Å². The Bertz CT molecular complexity index is 1110. The average molecular weight is 406 g/mol. The van der Waals surface area contributed by atoms with E-state index in [4.69, 9.17) is 18.9 Å². The summed E-state index contributed by atoms with van der Waals surface area (Å²) in [6, 6.07) is 6.04. The smallest absolute Gasteiger partial charge is 0.141 e. The van der Waals surface area contributed by atoms with Crippen LogP contribution in [0.15, 0.2) is 24.3 Å². The van der Waals surface area contributed by atoms with Crippen LogP contribution in [-0.4, -0.2) is 22.9 Å². The molecular weight excluding hydrogens is 380 g/mol. The van der Waals surface area contributed by atoms with Gasteiger partial charge in [0, 0.05) is 17.2 Å². The van der Waals surface area contributed by atoms with Crippen molar-refractivity contribution in [2.45, 2.75) is 63.8 Å². The summed E-state index contributed by atoms with van der Waals surface area (Å²) in [5, 5.41) is 11.2. The Morgan fingerprint density at radius 1 is 1.03 bits per heavy atom. The molecule has 0 aliphatic carbocycles. The zero-order valence-electron chi connectivity index (χ0n) is 17.7. The van der Waals surface area contributed by atoms with Crippen LogP contribution in [0.25, 0.3) is 6.08 Å². The number of aromatic hydroxyl groups is 1. The molecule has 4 aliphatic rings. The average Bonchev–Trinajstić information content (AvgIpc) is 3.04. The van der Waals surface area contributed by atoms with Crippen molar-refractivity contribution in [1.29, 1.82) is 0 Å². The Balaban J connectivity index is 1.44. The first-order chi connectivity index (χ1) is 14.2. The highest BCUT2D eigenvalue weighted by Crippen LogP contribution is 2.58. The lowest BCUT2D eigenvalue weighted by molar-refractivity contribution is 0.0823. The van der Waals surface area contributed by atoms with Gasteiger partial charge in [0.2, 0.25) is 0 Å². The first-order valence-corrected chi connectivity index (χ1v) is 10.6. The summed E-state index contributed by atoms with van der Waals surface area (Å²) in [7, 11) is 0. The van der Waals surface area contributed by atoms with Gasteiger partial charge in [0.1, 0.15) is 46.1 Å². The van der Waals surface area contributed by atoms with E-state index in [0.717, 1.165) is 35.5 Å². The summed E-state index contributed by atoms with van der Waals surface area (Å²) in [5.41, 5.74) is 3.07. The molecule has 0 bridgehead atoms. The molecule has 2 atom stereocenters. The van der Waals surface area contributed by atoms with Crippen LogP contribution >= 0.6 is 0 Å². The number of fused-ring (bicyclic) bond motifs is 8. The van der Waals surface area contributed by atoms with Gasteiger partial charge in [-0.1, -0.05) is 6.07 Å². The summed E-state index contributed by atoms with van der Waals surface area (Å²) < 4.78 is 24.9. The Hall–Kier alpha value is -2.82. The number of rotatable bonds is 0. The monoisotopic (exact) mass is 406 g/mol. The fraction of sp³-hybridized carbons (Fsp3) is 0.440. The van der Waals surface area contributed by atoms with Gasteiger partial charge in [-0.25, -0.2) is 0 Å². The molecule has 5 nitrogen and oxygen atoms in total. The van der Waals surface area contributed by atoms with Crippen LogP contribution in [0.1, 0.15) is 68.4 Å². The van der Waals surface area contributed by atoms with Crippen molar-refractivity contribution < 1.29 is 24.1 Å². The van der Waals surface area contributed by atoms with Crippen molar-refractivity contribution >= 4 is 6.08 Å². The minimum atomic E-state index is -0.419. The summed E-state index contributed by atoms with van der Waals surface area (Å²) in [4.78, 5) is 0. The van der Waals surface area contributed by atoms with E-state index in [1.807, 2.05) is 32.1 Å².